The van der Waals surface area contributed by atoms with Crippen LogP contribution in [0.3, 0.4) is 0 Å². The smallest absolute Gasteiger partial charge is 0.338 e. The normalized spacial score (nSPS) is 15.9. The first-order chi connectivity index (χ1) is 15.7. The van der Waals surface area contributed by atoms with Crippen molar-refractivity contribution in [2.75, 3.05) is 25.6 Å². The molecule has 0 saturated carbocycles. The summed E-state index contributed by atoms with van der Waals surface area (Å²) in [6, 6.07) is 8.90. The van der Waals surface area contributed by atoms with Gasteiger partial charge in [0.2, 0.25) is 0 Å². The van der Waals surface area contributed by atoms with Gasteiger partial charge < -0.3 is 14.1 Å². The Morgan fingerprint density at radius 2 is 2.00 bits per heavy atom. The second-order valence-electron chi connectivity index (χ2n) is 7.56. The minimum Gasteiger partial charge on any atom is -0.463 e. The maximum absolute atomic E-state index is 13.5. The minimum atomic E-state index is -0.645. The van der Waals surface area contributed by atoms with E-state index in [-0.39, 0.29) is 12.2 Å². The van der Waals surface area contributed by atoms with E-state index in [0.717, 1.165) is 15.7 Å². The average molecular weight is 595 g/mol. The number of nitrogens with zero attached hydrogens (tertiary/aromatic N) is 3. The lowest BCUT2D eigenvalue weighted by Crippen LogP contribution is -2.39. The van der Waals surface area contributed by atoms with Crippen molar-refractivity contribution < 1.29 is 13.9 Å². The molecule has 1 aliphatic rings. The summed E-state index contributed by atoms with van der Waals surface area (Å²) in [6.45, 7) is 3.75. The number of ether oxygens (including phenoxy) is 1. The van der Waals surface area contributed by atoms with Crippen LogP contribution in [0.2, 0.25) is 0 Å². The average Bonchev–Trinajstić information content (AvgIpc) is 3.25. The zero-order chi connectivity index (χ0) is 23.9. The Labute approximate surface area is 211 Å². The van der Waals surface area contributed by atoms with Gasteiger partial charge in [-0.15, -0.1) is 0 Å². The SMILES string of the molecule is CCOC(=O)C1=C(C)N=c2s/c(=C/c3cc(Br)c(Br)o3)c(=O)n2[C@@H]1c1ccc(N(C)C)cc1. The van der Waals surface area contributed by atoms with Crippen molar-refractivity contribution in [1.29, 1.82) is 0 Å². The van der Waals surface area contributed by atoms with Gasteiger partial charge in [-0.1, -0.05) is 23.5 Å². The molecule has 0 saturated heterocycles. The fourth-order valence-electron chi connectivity index (χ4n) is 3.63. The van der Waals surface area contributed by atoms with Crippen molar-refractivity contribution in [3.63, 3.8) is 0 Å². The lowest BCUT2D eigenvalue weighted by Gasteiger charge is -2.25. The van der Waals surface area contributed by atoms with Crippen LogP contribution in [-0.2, 0) is 9.53 Å². The first-order valence-corrected chi connectivity index (χ1v) is 12.5. The molecule has 0 bridgehead atoms. The van der Waals surface area contributed by atoms with Gasteiger partial charge in [0.05, 0.1) is 32.9 Å². The van der Waals surface area contributed by atoms with Crippen molar-refractivity contribution in [3.8, 4) is 0 Å². The highest BCUT2D eigenvalue weighted by Gasteiger charge is 2.33. The van der Waals surface area contributed by atoms with Crippen molar-refractivity contribution in [3.05, 3.63) is 81.8 Å². The van der Waals surface area contributed by atoms with E-state index < -0.39 is 12.0 Å². The molecular formula is C23H21Br2N3O4S. The third-order valence-corrected chi connectivity index (χ3v) is 7.87. The number of allylic oxidation sites excluding steroid dienone is 1. The minimum absolute atomic E-state index is 0.231. The van der Waals surface area contributed by atoms with Crippen LogP contribution in [-0.4, -0.2) is 31.2 Å². The molecule has 0 N–H and O–H groups in total. The monoisotopic (exact) mass is 593 g/mol. The summed E-state index contributed by atoms with van der Waals surface area (Å²) in [6.07, 6.45) is 1.68. The third-order valence-electron chi connectivity index (χ3n) is 5.18. The van der Waals surface area contributed by atoms with Crippen LogP contribution in [0.5, 0.6) is 0 Å². The topological polar surface area (TPSA) is 77.0 Å². The molecule has 172 valence electrons. The Morgan fingerprint density at radius 3 is 2.58 bits per heavy atom. The van der Waals surface area contributed by atoms with Crippen molar-refractivity contribution in [2.24, 2.45) is 4.99 Å². The van der Waals surface area contributed by atoms with Crippen molar-refractivity contribution in [1.82, 2.24) is 4.57 Å². The molecule has 4 rings (SSSR count). The molecule has 0 aliphatic carbocycles. The Kier molecular flexibility index (Phi) is 6.78. The first-order valence-electron chi connectivity index (χ1n) is 10.1. The van der Waals surface area contributed by atoms with Crippen LogP contribution in [0.4, 0.5) is 5.69 Å². The number of esters is 1. The summed E-state index contributed by atoms with van der Waals surface area (Å²) >= 11 is 7.95. The highest BCUT2D eigenvalue weighted by molar-refractivity contribution is 9.13. The van der Waals surface area contributed by atoms with Crippen LogP contribution in [0.1, 0.15) is 31.2 Å². The van der Waals surface area contributed by atoms with Gasteiger partial charge in [0.15, 0.2) is 9.47 Å². The molecule has 0 amide bonds. The number of benzene rings is 1. The zero-order valence-corrected chi connectivity index (χ0v) is 22.4. The summed E-state index contributed by atoms with van der Waals surface area (Å²) in [7, 11) is 3.91. The fourth-order valence-corrected chi connectivity index (χ4v) is 5.26. The van der Waals surface area contributed by atoms with E-state index in [9.17, 15) is 9.59 Å². The molecule has 7 nitrogen and oxygen atoms in total. The van der Waals surface area contributed by atoms with Crippen LogP contribution in [0.25, 0.3) is 6.08 Å². The standard InChI is InChI=1S/C23H21Br2N3O4S/c1-5-31-22(30)18-12(2)26-23-28(19(18)13-6-8-14(9-7-13)27(3)4)21(29)17(33-23)11-15-10-16(24)20(25)32-15/h6-11,19H,5H2,1-4H3/b17-11+/t19-/m1/s1. The van der Waals surface area contributed by atoms with Crippen molar-refractivity contribution >= 4 is 60.9 Å². The van der Waals surface area contributed by atoms with E-state index in [0.29, 0.717) is 31.0 Å². The maximum Gasteiger partial charge on any atom is 0.338 e. The van der Waals surface area contributed by atoms with Gasteiger partial charge in [0.1, 0.15) is 5.76 Å². The van der Waals surface area contributed by atoms with Crippen LogP contribution < -0.4 is 19.8 Å². The van der Waals surface area contributed by atoms with E-state index in [2.05, 4.69) is 36.9 Å². The Balaban J connectivity index is 1.93. The number of fused-ring (bicyclic) bond motifs is 1. The number of aromatic nitrogens is 1. The van der Waals surface area contributed by atoms with Crippen LogP contribution >= 0.6 is 43.2 Å². The zero-order valence-electron chi connectivity index (χ0n) is 18.4. The summed E-state index contributed by atoms with van der Waals surface area (Å²) in [5.74, 6) is 0.0424. The number of halogens is 2. The number of furan rings is 1. The molecule has 2 aromatic heterocycles. The van der Waals surface area contributed by atoms with Crippen LogP contribution in [0, 0.1) is 0 Å². The lowest BCUT2D eigenvalue weighted by molar-refractivity contribution is -0.139. The quantitative estimate of drug-likeness (QED) is 0.418. The van der Waals surface area contributed by atoms with Gasteiger partial charge in [-0.2, -0.15) is 0 Å². The number of hydrogen-bond donors (Lipinski definition) is 0. The number of carbonyl (C=O) groups is 1. The molecule has 3 aromatic rings. The first kappa shape index (κ1) is 23.7. The molecule has 0 spiro atoms. The molecule has 3 heterocycles. The summed E-state index contributed by atoms with van der Waals surface area (Å²) < 4.78 is 14.3. The summed E-state index contributed by atoms with van der Waals surface area (Å²) in [5, 5.41) is 0. The van der Waals surface area contributed by atoms with Gasteiger partial charge in [0.25, 0.3) is 5.56 Å². The molecule has 1 aromatic carbocycles. The molecule has 1 atom stereocenters. The van der Waals surface area contributed by atoms with E-state index >= 15 is 0 Å². The molecule has 33 heavy (non-hydrogen) atoms. The number of hydrogen-bond acceptors (Lipinski definition) is 7. The Bertz CT molecular complexity index is 1410. The van der Waals surface area contributed by atoms with E-state index in [1.807, 2.05) is 43.3 Å². The predicted molar refractivity (Wildman–Crippen MR) is 135 cm³/mol. The molecule has 1 aliphatic heterocycles. The summed E-state index contributed by atoms with van der Waals surface area (Å²) in [5.41, 5.74) is 2.45. The number of thiazole rings is 1. The second kappa shape index (κ2) is 9.44. The second-order valence-corrected chi connectivity index (χ2v) is 10.1. The largest absolute Gasteiger partial charge is 0.463 e. The van der Waals surface area contributed by atoms with Crippen LogP contribution in [0.15, 0.2) is 64.9 Å². The number of rotatable bonds is 5. The third kappa shape index (κ3) is 4.51. The van der Waals surface area contributed by atoms with E-state index in [4.69, 9.17) is 9.15 Å². The molecule has 10 heteroatoms. The number of carbonyl (C=O) groups excluding carboxylic acids is 1. The maximum atomic E-state index is 13.5. The molecule has 0 unspecified atom stereocenters. The summed E-state index contributed by atoms with van der Waals surface area (Å²) in [4.78, 5) is 33.6. The highest BCUT2D eigenvalue weighted by atomic mass is 79.9. The van der Waals surface area contributed by atoms with Gasteiger partial charge in [-0.05, 0) is 69.5 Å². The van der Waals surface area contributed by atoms with E-state index in [1.54, 1.807) is 30.6 Å². The molecule has 0 radical (unpaired) electrons. The van der Waals surface area contributed by atoms with Gasteiger partial charge in [0, 0.05) is 25.9 Å². The Hall–Kier alpha value is -2.43. The van der Waals surface area contributed by atoms with E-state index in [1.165, 1.54) is 11.3 Å². The predicted octanol–water partition coefficient (Wildman–Crippen LogP) is 3.98. The fraction of sp³-hybridized carbons (Fsp3) is 0.261. The van der Waals surface area contributed by atoms with Gasteiger partial charge >= 0.3 is 5.97 Å². The molecule has 0 fully saturated rings. The lowest BCUT2D eigenvalue weighted by atomic mass is 9.95. The van der Waals surface area contributed by atoms with Gasteiger partial charge in [-0.3, -0.25) is 9.36 Å². The van der Waals surface area contributed by atoms with Gasteiger partial charge in [-0.25, -0.2) is 9.79 Å². The number of anilines is 1. The van der Waals surface area contributed by atoms with Crippen molar-refractivity contribution in [2.45, 2.75) is 19.9 Å². The molecular weight excluding hydrogens is 574 g/mol. The Morgan fingerprint density at radius 1 is 1.30 bits per heavy atom. The highest BCUT2D eigenvalue weighted by Crippen LogP contribution is 2.32.